The second-order valence-corrected chi connectivity index (χ2v) is 6.58. The SMILES string of the molecule is CCCC/C(C(=NC)C(C)CC)=C(/N)C(=O)NCc1ccc(C)cc1. The number of allylic oxidation sites excluding steroid dienone is 1. The molecule has 1 aromatic carbocycles. The minimum atomic E-state index is -0.212. The number of carbonyl (C=O) groups is 1. The van der Waals surface area contributed by atoms with Gasteiger partial charge in [-0.2, -0.15) is 0 Å². The summed E-state index contributed by atoms with van der Waals surface area (Å²) in [4.78, 5) is 17.0. The van der Waals surface area contributed by atoms with Crippen LogP contribution in [0, 0.1) is 12.8 Å². The van der Waals surface area contributed by atoms with Gasteiger partial charge in [-0.15, -0.1) is 0 Å². The van der Waals surface area contributed by atoms with Crippen molar-refractivity contribution in [3.05, 3.63) is 46.7 Å². The first-order valence-electron chi connectivity index (χ1n) is 9.23. The molecule has 138 valence electrons. The molecule has 0 fully saturated rings. The lowest BCUT2D eigenvalue weighted by molar-refractivity contribution is -0.117. The predicted octanol–water partition coefficient (Wildman–Crippen LogP) is 4.13. The van der Waals surface area contributed by atoms with Gasteiger partial charge in [-0.3, -0.25) is 9.79 Å². The van der Waals surface area contributed by atoms with Crippen LogP contribution in [0.5, 0.6) is 0 Å². The smallest absolute Gasteiger partial charge is 0.267 e. The van der Waals surface area contributed by atoms with Gasteiger partial charge >= 0.3 is 0 Å². The Morgan fingerprint density at radius 2 is 1.88 bits per heavy atom. The van der Waals surface area contributed by atoms with E-state index in [1.165, 1.54) is 5.56 Å². The zero-order valence-corrected chi connectivity index (χ0v) is 16.4. The van der Waals surface area contributed by atoms with Gasteiger partial charge in [-0.25, -0.2) is 0 Å². The molecule has 0 aromatic heterocycles. The Morgan fingerprint density at radius 1 is 1.24 bits per heavy atom. The molecule has 4 nitrogen and oxygen atoms in total. The molecular formula is C21H33N3O. The normalized spacial score (nSPS) is 14.0. The highest BCUT2D eigenvalue weighted by Gasteiger charge is 2.19. The topological polar surface area (TPSA) is 67.5 Å². The van der Waals surface area contributed by atoms with Gasteiger partial charge in [-0.1, -0.05) is 57.0 Å². The molecule has 0 saturated heterocycles. The molecule has 0 heterocycles. The van der Waals surface area contributed by atoms with Crippen LogP contribution in [0.25, 0.3) is 0 Å². The Morgan fingerprint density at radius 3 is 2.40 bits per heavy atom. The van der Waals surface area contributed by atoms with E-state index in [2.05, 4.69) is 31.1 Å². The van der Waals surface area contributed by atoms with Gasteiger partial charge in [0, 0.05) is 24.9 Å². The van der Waals surface area contributed by atoms with Crippen molar-refractivity contribution >= 4 is 11.6 Å². The van der Waals surface area contributed by atoms with Crippen molar-refractivity contribution in [3.63, 3.8) is 0 Å². The monoisotopic (exact) mass is 343 g/mol. The molecule has 0 bridgehead atoms. The van der Waals surface area contributed by atoms with Crippen LogP contribution in [-0.2, 0) is 11.3 Å². The summed E-state index contributed by atoms with van der Waals surface area (Å²) in [6.45, 7) is 8.91. The van der Waals surface area contributed by atoms with Crippen molar-refractivity contribution < 1.29 is 4.79 Å². The summed E-state index contributed by atoms with van der Waals surface area (Å²) in [6, 6.07) is 8.12. The molecule has 1 rings (SSSR count). The van der Waals surface area contributed by atoms with Gasteiger partial charge < -0.3 is 11.1 Å². The molecule has 25 heavy (non-hydrogen) atoms. The maximum Gasteiger partial charge on any atom is 0.267 e. The number of aliphatic imine (C=N–C) groups is 1. The summed E-state index contributed by atoms with van der Waals surface area (Å²) < 4.78 is 0. The van der Waals surface area contributed by atoms with E-state index >= 15 is 0 Å². The Balaban J connectivity index is 2.95. The molecule has 1 unspecified atom stereocenters. The van der Waals surface area contributed by atoms with Gasteiger partial charge in [0.2, 0.25) is 0 Å². The van der Waals surface area contributed by atoms with Crippen LogP contribution in [0.4, 0.5) is 0 Å². The number of benzene rings is 1. The molecule has 1 atom stereocenters. The Kier molecular flexibility index (Phi) is 8.96. The highest BCUT2D eigenvalue weighted by molar-refractivity contribution is 6.08. The van der Waals surface area contributed by atoms with Crippen LogP contribution in [0.3, 0.4) is 0 Å². The van der Waals surface area contributed by atoms with Crippen molar-refractivity contribution in [1.29, 1.82) is 0 Å². The number of rotatable bonds is 9. The number of nitrogens with one attached hydrogen (secondary N) is 1. The lowest BCUT2D eigenvalue weighted by Gasteiger charge is -2.18. The summed E-state index contributed by atoms with van der Waals surface area (Å²) in [6.07, 6.45) is 3.81. The van der Waals surface area contributed by atoms with Crippen molar-refractivity contribution in [2.45, 2.75) is 59.9 Å². The minimum absolute atomic E-state index is 0.212. The minimum Gasteiger partial charge on any atom is -0.394 e. The Bertz CT molecular complexity index is 615. The summed E-state index contributed by atoms with van der Waals surface area (Å²) in [7, 11) is 1.78. The van der Waals surface area contributed by atoms with Crippen LogP contribution in [0.15, 0.2) is 40.5 Å². The summed E-state index contributed by atoms with van der Waals surface area (Å²) in [5, 5.41) is 2.93. The van der Waals surface area contributed by atoms with E-state index in [0.717, 1.165) is 42.5 Å². The molecule has 0 saturated carbocycles. The summed E-state index contributed by atoms with van der Waals surface area (Å²) in [5.74, 6) is 0.0800. The number of nitrogens with zero attached hydrogens (tertiary/aromatic N) is 1. The first-order valence-corrected chi connectivity index (χ1v) is 9.23. The molecule has 0 aliphatic carbocycles. The third-order valence-electron chi connectivity index (χ3n) is 4.55. The maximum atomic E-state index is 12.6. The third kappa shape index (κ3) is 6.37. The van der Waals surface area contributed by atoms with E-state index in [4.69, 9.17) is 5.73 Å². The van der Waals surface area contributed by atoms with E-state index in [-0.39, 0.29) is 5.91 Å². The Hall–Kier alpha value is -2.10. The van der Waals surface area contributed by atoms with Gasteiger partial charge in [0.05, 0.1) is 0 Å². The summed E-state index contributed by atoms with van der Waals surface area (Å²) >= 11 is 0. The number of hydrogen-bond donors (Lipinski definition) is 2. The number of amides is 1. The van der Waals surface area contributed by atoms with E-state index in [9.17, 15) is 4.79 Å². The van der Waals surface area contributed by atoms with Gasteiger partial charge in [0.15, 0.2) is 0 Å². The molecule has 0 aliphatic heterocycles. The average Bonchev–Trinajstić information content (AvgIpc) is 2.63. The molecule has 4 heteroatoms. The van der Waals surface area contributed by atoms with Crippen molar-refractivity contribution in [2.24, 2.45) is 16.6 Å². The molecule has 1 amide bonds. The first-order chi connectivity index (χ1) is 11.9. The molecule has 3 N–H and O–H groups in total. The van der Waals surface area contributed by atoms with Crippen molar-refractivity contribution in [3.8, 4) is 0 Å². The number of unbranched alkanes of at least 4 members (excludes halogenated alkanes) is 1. The zero-order valence-electron chi connectivity index (χ0n) is 16.4. The highest BCUT2D eigenvalue weighted by Crippen LogP contribution is 2.19. The first kappa shape index (κ1) is 20.9. The quantitative estimate of drug-likeness (QED) is 0.523. The number of nitrogens with two attached hydrogens (primary N) is 1. The van der Waals surface area contributed by atoms with E-state index in [1.807, 2.05) is 31.2 Å². The van der Waals surface area contributed by atoms with E-state index < -0.39 is 0 Å². The van der Waals surface area contributed by atoms with Crippen LogP contribution < -0.4 is 11.1 Å². The van der Waals surface area contributed by atoms with Crippen molar-refractivity contribution in [1.82, 2.24) is 5.32 Å². The molecule has 0 spiro atoms. The second kappa shape index (κ2) is 10.7. The zero-order chi connectivity index (χ0) is 18.8. The molecule has 0 aliphatic rings. The molecule has 0 radical (unpaired) electrons. The number of hydrogen-bond acceptors (Lipinski definition) is 3. The van der Waals surface area contributed by atoms with Crippen LogP contribution in [0.2, 0.25) is 0 Å². The lowest BCUT2D eigenvalue weighted by atomic mass is 9.91. The highest BCUT2D eigenvalue weighted by atomic mass is 16.1. The summed E-state index contributed by atoms with van der Waals surface area (Å²) in [5.41, 5.74) is 10.7. The van der Waals surface area contributed by atoms with Crippen LogP contribution >= 0.6 is 0 Å². The van der Waals surface area contributed by atoms with Gasteiger partial charge in [0.1, 0.15) is 5.70 Å². The van der Waals surface area contributed by atoms with Crippen LogP contribution in [0.1, 0.15) is 57.6 Å². The Labute approximate surface area is 152 Å². The standard InChI is InChI=1S/C21H33N3O/c1-6-8-9-18(20(23-5)16(4)7-2)19(22)21(25)24-14-17-12-10-15(3)11-13-17/h10-13,16H,6-9,14,22H2,1-5H3,(H,24,25)/b19-18-,23-20?. The van der Waals surface area contributed by atoms with E-state index in [0.29, 0.717) is 18.2 Å². The van der Waals surface area contributed by atoms with Crippen molar-refractivity contribution in [2.75, 3.05) is 7.05 Å². The second-order valence-electron chi connectivity index (χ2n) is 6.58. The van der Waals surface area contributed by atoms with E-state index in [1.54, 1.807) is 7.05 Å². The average molecular weight is 344 g/mol. The fraction of sp³-hybridized carbons (Fsp3) is 0.524. The fourth-order valence-electron chi connectivity index (χ4n) is 2.72. The third-order valence-corrected chi connectivity index (χ3v) is 4.55. The maximum absolute atomic E-state index is 12.6. The fourth-order valence-corrected chi connectivity index (χ4v) is 2.72. The molecule has 1 aromatic rings. The lowest BCUT2D eigenvalue weighted by Crippen LogP contribution is -2.31. The largest absolute Gasteiger partial charge is 0.394 e. The number of carbonyl (C=O) groups excluding carboxylic acids is 1. The predicted molar refractivity (Wildman–Crippen MR) is 107 cm³/mol. The van der Waals surface area contributed by atoms with Gasteiger partial charge in [-0.05, 0) is 37.7 Å². The van der Waals surface area contributed by atoms with Crippen LogP contribution in [-0.4, -0.2) is 18.7 Å². The molecular weight excluding hydrogens is 310 g/mol. The van der Waals surface area contributed by atoms with Gasteiger partial charge in [0.25, 0.3) is 5.91 Å². The number of aryl methyl sites for hydroxylation is 1.